The first-order valence-corrected chi connectivity index (χ1v) is 6.92. The summed E-state index contributed by atoms with van der Waals surface area (Å²) >= 11 is 0. The van der Waals surface area contributed by atoms with E-state index in [1.807, 2.05) is 6.07 Å². The van der Waals surface area contributed by atoms with Crippen LogP contribution in [0.25, 0.3) is 0 Å². The summed E-state index contributed by atoms with van der Waals surface area (Å²) in [6.07, 6.45) is 3.25. The van der Waals surface area contributed by atoms with Crippen LogP contribution >= 0.6 is 0 Å². The van der Waals surface area contributed by atoms with Crippen molar-refractivity contribution in [2.75, 3.05) is 19.6 Å². The van der Waals surface area contributed by atoms with Crippen molar-refractivity contribution in [1.82, 2.24) is 10.2 Å². The van der Waals surface area contributed by atoms with Gasteiger partial charge in [0.1, 0.15) is 0 Å². The van der Waals surface area contributed by atoms with Gasteiger partial charge in [0.2, 0.25) is 5.91 Å². The lowest BCUT2D eigenvalue weighted by Gasteiger charge is -2.25. The smallest absolute Gasteiger partial charge is 0.225 e. The summed E-state index contributed by atoms with van der Waals surface area (Å²) in [5.41, 5.74) is 1.29. The molecule has 1 unspecified atom stereocenters. The number of amides is 1. The van der Waals surface area contributed by atoms with Gasteiger partial charge < -0.3 is 10.2 Å². The van der Waals surface area contributed by atoms with Gasteiger partial charge >= 0.3 is 0 Å². The number of rotatable bonds is 2. The monoisotopic (exact) mass is 244 g/mol. The molecule has 96 valence electrons. The molecule has 0 aromatic heterocycles. The molecule has 1 saturated carbocycles. The van der Waals surface area contributed by atoms with E-state index in [0.717, 1.165) is 38.9 Å². The maximum Gasteiger partial charge on any atom is 0.225 e. The van der Waals surface area contributed by atoms with Crippen LogP contribution in [-0.4, -0.2) is 30.4 Å². The van der Waals surface area contributed by atoms with Crippen molar-refractivity contribution in [3.63, 3.8) is 0 Å². The zero-order valence-electron chi connectivity index (χ0n) is 10.6. The first kappa shape index (κ1) is 11.7. The van der Waals surface area contributed by atoms with E-state index in [0.29, 0.717) is 11.8 Å². The summed E-state index contributed by atoms with van der Waals surface area (Å²) in [7, 11) is 0. The van der Waals surface area contributed by atoms with Crippen LogP contribution in [0, 0.1) is 5.92 Å². The lowest BCUT2D eigenvalue weighted by Crippen LogP contribution is -2.36. The van der Waals surface area contributed by atoms with Crippen molar-refractivity contribution in [1.29, 1.82) is 0 Å². The third-order valence-electron chi connectivity index (χ3n) is 3.84. The Bertz CT molecular complexity index is 414. The molecule has 2 aliphatic rings. The first-order valence-electron chi connectivity index (χ1n) is 6.92. The average Bonchev–Trinajstić information content (AvgIpc) is 3.25. The molecule has 3 heteroatoms. The van der Waals surface area contributed by atoms with Crippen LogP contribution < -0.4 is 5.32 Å². The van der Waals surface area contributed by atoms with Gasteiger partial charge in [-0.3, -0.25) is 4.79 Å². The molecule has 0 spiro atoms. The SMILES string of the molecule is O=C(C1CC1)N1CCCNC(c2ccccc2)C1. The molecule has 2 fully saturated rings. The van der Waals surface area contributed by atoms with E-state index in [4.69, 9.17) is 0 Å². The number of nitrogens with zero attached hydrogens (tertiary/aromatic N) is 1. The van der Waals surface area contributed by atoms with Crippen molar-refractivity contribution >= 4 is 5.91 Å². The fraction of sp³-hybridized carbons (Fsp3) is 0.533. The second kappa shape index (κ2) is 5.11. The molecule has 1 N–H and O–H groups in total. The van der Waals surface area contributed by atoms with E-state index in [1.165, 1.54) is 5.56 Å². The molecule has 1 saturated heterocycles. The van der Waals surface area contributed by atoms with Gasteiger partial charge in [-0.25, -0.2) is 0 Å². The predicted molar refractivity (Wildman–Crippen MR) is 71.1 cm³/mol. The molecule has 1 aromatic carbocycles. The molecule has 18 heavy (non-hydrogen) atoms. The molecular formula is C15H20N2O. The van der Waals surface area contributed by atoms with E-state index in [9.17, 15) is 4.79 Å². The zero-order valence-corrected chi connectivity index (χ0v) is 10.6. The highest BCUT2D eigenvalue weighted by atomic mass is 16.2. The predicted octanol–water partition coefficient (Wildman–Crippen LogP) is 1.96. The third-order valence-corrected chi connectivity index (χ3v) is 3.84. The van der Waals surface area contributed by atoms with E-state index >= 15 is 0 Å². The maximum atomic E-state index is 12.2. The average molecular weight is 244 g/mol. The van der Waals surface area contributed by atoms with Gasteiger partial charge in [0.25, 0.3) is 0 Å². The Morgan fingerprint density at radius 2 is 2.00 bits per heavy atom. The number of benzene rings is 1. The van der Waals surface area contributed by atoms with E-state index in [2.05, 4.69) is 34.5 Å². The Labute approximate surface area is 108 Å². The number of nitrogens with one attached hydrogen (secondary N) is 1. The maximum absolute atomic E-state index is 12.2. The van der Waals surface area contributed by atoms with Gasteiger partial charge in [-0.15, -0.1) is 0 Å². The summed E-state index contributed by atoms with van der Waals surface area (Å²) in [4.78, 5) is 14.3. The molecule has 0 radical (unpaired) electrons. The highest BCUT2D eigenvalue weighted by Gasteiger charge is 2.34. The minimum absolute atomic E-state index is 0.288. The van der Waals surface area contributed by atoms with Crippen molar-refractivity contribution < 1.29 is 4.79 Å². The molecule has 1 heterocycles. The lowest BCUT2D eigenvalue weighted by atomic mass is 10.1. The molecular weight excluding hydrogens is 224 g/mol. The molecule has 1 amide bonds. The summed E-state index contributed by atoms with van der Waals surface area (Å²) in [5.74, 6) is 0.708. The molecule has 1 aliphatic heterocycles. The Hall–Kier alpha value is -1.35. The molecule has 3 nitrogen and oxygen atoms in total. The van der Waals surface area contributed by atoms with E-state index < -0.39 is 0 Å². The molecule has 1 aromatic rings. The molecule has 3 rings (SSSR count). The van der Waals surface area contributed by atoms with Crippen LogP contribution in [-0.2, 0) is 4.79 Å². The van der Waals surface area contributed by atoms with Crippen molar-refractivity contribution in [2.45, 2.75) is 25.3 Å². The summed E-state index contributed by atoms with van der Waals surface area (Å²) in [6.45, 7) is 2.72. The lowest BCUT2D eigenvalue weighted by molar-refractivity contribution is -0.132. The van der Waals surface area contributed by atoms with Gasteiger partial charge in [0.15, 0.2) is 0 Å². The van der Waals surface area contributed by atoms with Crippen molar-refractivity contribution in [3.8, 4) is 0 Å². The fourth-order valence-electron chi connectivity index (χ4n) is 2.62. The largest absolute Gasteiger partial charge is 0.341 e. The second-order valence-electron chi connectivity index (χ2n) is 5.33. The van der Waals surface area contributed by atoms with Crippen LogP contribution in [0.15, 0.2) is 30.3 Å². The second-order valence-corrected chi connectivity index (χ2v) is 5.33. The Kier molecular flexibility index (Phi) is 3.33. The van der Waals surface area contributed by atoms with E-state index in [1.54, 1.807) is 0 Å². The molecule has 0 bridgehead atoms. The number of hydrogen-bond donors (Lipinski definition) is 1. The summed E-state index contributed by atoms with van der Waals surface area (Å²) in [5, 5.41) is 3.55. The normalized spacial score (nSPS) is 24.7. The van der Waals surface area contributed by atoms with Crippen LogP contribution in [0.1, 0.15) is 30.9 Å². The number of carbonyl (C=O) groups is 1. The minimum Gasteiger partial charge on any atom is -0.341 e. The molecule has 1 aliphatic carbocycles. The quantitative estimate of drug-likeness (QED) is 0.862. The topological polar surface area (TPSA) is 32.3 Å². The standard InChI is InChI=1S/C15H20N2O/c18-15(13-7-8-13)17-10-4-9-16-14(11-17)12-5-2-1-3-6-12/h1-3,5-6,13-14,16H,4,7-11H2. The Balaban J connectivity index is 1.72. The number of carbonyl (C=O) groups excluding carboxylic acids is 1. The van der Waals surface area contributed by atoms with Crippen LogP contribution in [0.3, 0.4) is 0 Å². The zero-order chi connectivity index (χ0) is 12.4. The van der Waals surface area contributed by atoms with Gasteiger partial charge in [-0.05, 0) is 31.4 Å². The highest BCUT2D eigenvalue weighted by molar-refractivity contribution is 5.81. The van der Waals surface area contributed by atoms with Crippen molar-refractivity contribution in [2.24, 2.45) is 5.92 Å². The van der Waals surface area contributed by atoms with Crippen LogP contribution in [0.4, 0.5) is 0 Å². The summed E-state index contributed by atoms with van der Waals surface area (Å²) < 4.78 is 0. The Morgan fingerprint density at radius 1 is 1.22 bits per heavy atom. The Morgan fingerprint density at radius 3 is 2.72 bits per heavy atom. The van der Waals surface area contributed by atoms with Gasteiger partial charge in [0.05, 0.1) is 0 Å². The van der Waals surface area contributed by atoms with Crippen molar-refractivity contribution in [3.05, 3.63) is 35.9 Å². The third kappa shape index (κ3) is 2.56. The van der Waals surface area contributed by atoms with Gasteiger partial charge in [0, 0.05) is 25.0 Å². The summed E-state index contributed by atoms with van der Waals surface area (Å²) in [6, 6.07) is 10.7. The van der Waals surface area contributed by atoms with E-state index in [-0.39, 0.29) is 6.04 Å². The van der Waals surface area contributed by atoms with Crippen LogP contribution in [0.5, 0.6) is 0 Å². The molecule has 1 atom stereocenters. The fourth-order valence-corrected chi connectivity index (χ4v) is 2.62. The van der Waals surface area contributed by atoms with Crippen LogP contribution in [0.2, 0.25) is 0 Å². The first-order chi connectivity index (χ1) is 8.84. The highest BCUT2D eigenvalue weighted by Crippen LogP contribution is 2.32. The van der Waals surface area contributed by atoms with Gasteiger partial charge in [-0.2, -0.15) is 0 Å². The minimum atomic E-state index is 0.288. The number of hydrogen-bond acceptors (Lipinski definition) is 2. The van der Waals surface area contributed by atoms with Gasteiger partial charge in [-0.1, -0.05) is 30.3 Å².